The van der Waals surface area contributed by atoms with Gasteiger partial charge in [-0.1, -0.05) is 6.07 Å². The van der Waals surface area contributed by atoms with Crippen LogP contribution in [0.15, 0.2) is 18.3 Å². The van der Waals surface area contributed by atoms with Crippen molar-refractivity contribution in [1.29, 1.82) is 0 Å². The fraction of sp³-hybridized carbons (Fsp3) is 0.545. The SMILES string of the molecule is CC(N)c1ccc(OCCN(C)C)nc1. The summed E-state index contributed by atoms with van der Waals surface area (Å²) in [6.45, 7) is 3.47. The van der Waals surface area contributed by atoms with Gasteiger partial charge in [-0.3, -0.25) is 0 Å². The molecule has 0 fully saturated rings. The standard InChI is InChI=1S/C11H19N3O/c1-9(12)10-4-5-11(13-8-10)15-7-6-14(2)3/h4-5,8-9H,6-7,12H2,1-3H3. The summed E-state index contributed by atoms with van der Waals surface area (Å²) in [6.07, 6.45) is 1.76. The molecular formula is C11H19N3O. The van der Waals surface area contributed by atoms with Crippen LogP contribution in [0.1, 0.15) is 18.5 Å². The molecule has 15 heavy (non-hydrogen) atoms. The van der Waals surface area contributed by atoms with E-state index in [-0.39, 0.29) is 6.04 Å². The molecule has 0 spiro atoms. The van der Waals surface area contributed by atoms with Crippen molar-refractivity contribution < 1.29 is 4.74 Å². The molecule has 4 heteroatoms. The first-order valence-electron chi connectivity index (χ1n) is 5.08. The van der Waals surface area contributed by atoms with Gasteiger partial charge in [0.25, 0.3) is 0 Å². The van der Waals surface area contributed by atoms with Crippen molar-refractivity contribution in [2.75, 3.05) is 27.2 Å². The van der Waals surface area contributed by atoms with Gasteiger partial charge in [-0.05, 0) is 26.6 Å². The van der Waals surface area contributed by atoms with Crippen molar-refractivity contribution in [3.05, 3.63) is 23.9 Å². The molecule has 0 bridgehead atoms. The van der Waals surface area contributed by atoms with Crippen LogP contribution >= 0.6 is 0 Å². The molecule has 1 aromatic heterocycles. The van der Waals surface area contributed by atoms with E-state index in [0.717, 1.165) is 12.1 Å². The topological polar surface area (TPSA) is 51.4 Å². The van der Waals surface area contributed by atoms with E-state index in [1.165, 1.54) is 0 Å². The van der Waals surface area contributed by atoms with Crippen molar-refractivity contribution >= 4 is 0 Å². The summed E-state index contributed by atoms with van der Waals surface area (Å²) in [6, 6.07) is 3.82. The molecule has 0 aliphatic rings. The highest BCUT2D eigenvalue weighted by atomic mass is 16.5. The first-order chi connectivity index (χ1) is 7.09. The van der Waals surface area contributed by atoms with Crippen LogP contribution in [-0.2, 0) is 0 Å². The minimum atomic E-state index is 0.0216. The van der Waals surface area contributed by atoms with Crippen LogP contribution in [0, 0.1) is 0 Å². The molecule has 0 aliphatic carbocycles. The van der Waals surface area contributed by atoms with Gasteiger partial charge in [0.1, 0.15) is 6.61 Å². The summed E-state index contributed by atoms with van der Waals surface area (Å²) in [4.78, 5) is 6.24. The number of ether oxygens (including phenoxy) is 1. The zero-order valence-electron chi connectivity index (χ0n) is 9.60. The summed E-state index contributed by atoms with van der Waals surface area (Å²) < 4.78 is 5.46. The second-order valence-corrected chi connectivity index (χ2v) is 3.87. The summed E-state index contributed by atoms with van der Waals surface area (Å²) in [7, 11) is 4.02. The lowest BCUT2D eigenvalue weighted by molar-refractivity contribution is 0.254. The predicted molar refractivity (Wildman–Crippen MR) is 60.9 cm³/mol. The molecule has 0 radical (unpaired) electrons. The van der Waals surface area contributed by atoms with E-state index in [1.807, 2.05) is 33.2 Å². The molecule has 4 nitrogen and oxygen atoms in total. The van der Waals surface area contributed by atoms with E-state index in [1.54, 1.807) is 6.20 Å². The highest BCUT2D eigenvalue weighted by Gasteiger charge is 2.00. The zero-order chi connectivity index (χ0) is 11.3. The van der Waals surface area contributed by atoms with Crippen LogP contribution in [0.25, 0.3) is 0 Å². The van der Waals surface area contributed by atoms with Gasteiger partial charge in [0.2, 0.25) is 5.88 Å². The van der Waals surface area contributed by atoms with Gasteiger partial charge in [0.05, 0.1) is 0 Å². The van der Waals surface area contributed by atoms with Gasteiger partial charge in [0.15, 0.2) is 0 Å². The van der Waals surface area contributed by atoms with Crippen molar-refractivity contribution in [1.82, 2.24) is 9.88 Å². The third-order valence-corrected chi connectivity index (χ3v) is 2.07. The van der Waals surface area contributed by atoms with Gasteiger partial charge in [-0.15, -0.1) is 0 Å². The predicted octanol–water partition coefficient (Wildman–Crippen LogP) is 1.04. The molecule has 1 unspecified atom stereocenters. The number of rotatable bonds is 5. The number of hydrogen-bond acceptors (Lipinski definition) is 4. The minimum Gasteiger partial charge on any atom is -0.476 e. The van der Waals surface area contributed by atoms with Crippen molar-refractivity contribution in [3.8, 4) is 5.88 Å². The zero-order valence-corrected chi connectivity index (χ0v) is 9.60. The molecule has 1 heterocycles. The third kappa shape index (κ3) is 4.27. The Labute approximate surface area is 91.1 Å². The Morgan fingerprint density at radius 2 is 2.20 bits per heavy atom. The second kappa shape index (κ2) is 5.68. The van der Waals surface area contributed by atoms with E-state index in [4.69, 9.17) is 10.5 Å². The Morgan fingerprint density at radius 1 is 1.47 bits per heavy atom. The van der Waals surface area contributed by atoms with E-state index in [9.17, 15) is 0 Å². The number of likely N-dealkylation sites (N-methyl/N-ethyl adjacent to an activating group) is 1. The van der Waals surface area contributed by atoms with Crippen molar-refractivity contribution in [2.24, 2.45) is 5.73 Å². The fourth-order valence-electron chi connectivity index (χ4n) is 1.08. The quantitative estimate of drug-likeness (QED) is 0.787. The van der Waals surface area contributed by atoms with Gasteiger partial charge in [0, 0.05) is 24.8 Å². The van der Waals surface area contributed by atoms with Crippen LogP contribution in [0.4, 0.5) is 0 Å². The van der Waals surface area contributed by atoms with Gasteiger partial charge in [-0.2, -0.15) is 0 Å². The molecule has 1 atom stereocenters. The maximum Gasteiger partial charge on any atom is 0.213 e. The Kier molecular flexibility index (Phi) is 4.52. The molecular weight excluding hydrogens is 190 g/mol. The van der Waals surface area contributed by atoms with Crippen LogP contribution in [0.5, 0.6) is 5.88 Å². The van der Waals surface area contributed by atoms with E-state index < -0.39 is 0 Å². The second-order valence-electron chi connectivity index (χ2n) is 3.87. The molecule has 0 saturated carbocycles. The lowest BCUT2D eigenvalue weighted by Gasteiger charge is -2.11. The third-order valence-electron chi connectivity index (χ3n) is 2.07. The van der Waals surface area contributed by atoms with Gasteiger partial charge in [-0.25, -0.2) is 4.98 Å². The largest absolute Gasteiger partial charge is 0.476 e. The van der Waals surface area contributed by atoms with Crippen LogP contribution in [0.2, 0.25) is 0 Å². The number of nitrogens with two attached hydrogens (primary N) is 1. The first-order valence-corrected chi connectivity index (χ1v) is 5.08. The monoisotopic (exact) mass is 209 g/mol. The van der Waals surface area contributed by atoms with Crippen molar-refractivity contribution in [3.63, 3.8) is 0 Å². The molecule has 1 rings (SSSR count). The van der Waals surface area contributed by atoms with Crippen LogP contribution < -0.4 is 10.5 Å². The average molecular weight is 209 g/mol. The maximum atomic E-state index is 5.72. The average Bonchev–Trinajstić information content (AvgIpc) is 2.18. The lowest BCUT2D eigenvalue weighted by atomic mass is 10.2. The number of aromatic nitrogens is 1. The highest BCUT2D eigenvalue weighted by Crippen LogP contribution is 2.12. The molecule has 84 valence electrons. The summed E-state index contributed by atoms with van der Waals surface area (Å²) in [5.74, 6) is 0.654. The van der Waals surface area contributed by atoms with Gasteiger partial charge < -0.3 is 15.4 Å². The van der Waals surface area contributed by atoms with Crippen molar-refractivity contribution in [2.45, 2.75) is 13.0 Å². The summed E-state index contributed by atoms with van der Waals surface area (Å²) in [5, 5.41) is 0. The minimum absolute atomic E-state index is 0.0216. The van der Waals surface area contributed by atoms with Crippen LogP contribution in [-0.4, -0.2) is 37.1 Å². The van der Waals surface area contributed by atoms with Gasteiger partial charge >= 0.3 is 0 Å². The Morgan fingerprint density at radius 3 is 2.67 bits per heavy atom. The summed E-state index contributed by atoms with van der Waals surface area (Å²) >= 11 is 0. The number of nitrogens with zero attached hydrogens (tertiary/aromatic N) is 2. The molecule has 1 aromatic rings. The molecule has 0 saturated heterocycles. The molecule has 0 aliphatic heterocycles. The number of hydrogen-bond donors (Lipinski definition) is 1. The highest BCUT2D eigenvalue weighted by molar-refractivity contribution is 5.19. The fourth-order valence-corrected chi connectivity index (χ4v) is 1.08. The van der Waals surface area contributed by atoms with E-state index >= 15 is 0 Å². The first kappa shape index (κ1) is 11.9. The molecule has 0 aromatic carbocycles. The molecule has 2 N–H and O–H groups in total. The smallest absolute Gasteiger partial charge is 0.213 e. The lowest BCUT2D eigenvalue weighted by Crippen LogP contribution is -2.19. The Bertz CT molecular complexity index is 282. The normalized spacial score (nSPS) is 12.9. The Balaban J connectivity index is 2.43. The molecule has 0 amide bonds. The number of pyridine rings is 1. The summed E-state index contributed by atoms with van der Waals surface area (Å²) in [5.41, 5.74) is 6.74. The van der Waals surface area contributed by atoms with Crippen LogP contribution in [0.3, 0.4) is 0 Å². The van der Waals surface area contributed by atoms with E-state index in [0.29, 0.717) is 12.5 Å². The van der Waals surface area contributed by atoms with E-state index in [2.05, 4.69) is 9.88 Å². The maximum absolute atomic E-state index is 5.72. The Hall–Kier alpha value is -1.13.